The van der Waals surface area contributed by atoms with Gasteiger partial charge in [0.05, 0.1) is 6.04 Å². The number of benzene rings is 1. The maximum atomic E-state index is 12.6. The summed E-state index contributed by atoms with van der Waals surface area (Å²) in [5.74, 6) is 1.43. The van der Waals surface area contributed by atoms with E-state index in [1.165, 1.54) is 4.80 Å². The lowest BCUT2D eigenvalue weighted by Gasteiger charge is -2.27. The first kappa shape index (κ1) is 18.8. The molecule has 7 heteroatoms. The average molecular weight is 376 g/mol. The molecule has 0 bridgehead atoms. The van der Waals surface area contributed by atoms with E-state index in [-0.39, 0.29) is 18.5 Å². The summed E-state index contributed by atoms with van der Waals surface area (Å²) < 4.78 is 0. The van der Waals surface area contributed by atoms with Gasteiger partial charge in [-0.1, -0.05) is 50.4 Å². The van der Waals surface area contributed by atoms with E-state index >= 15 is 0 Å². The second-order valence-corrected chi connectivity index (χ2v) is 7.45. The molecule has 3 rings (SSSR count). The van der Waals surface area contributed by atoms with Crippen molar-refractivity contribution >= 4 is 17.5 Å². The minimum Gasteiger partial charge on any atom is -0.347 e. The number of nitrogens with one attached hydrogen (secondary N) is 1. The van der Waals surface area contributed by atoms with Crippen molar-refractivity contribution in [3.8, 4) is 0 Å². The Morgan fingerprint density at radius 2 is 2.19 bits per heavy atom. The number of aromatic nitrogens is 4. The van der Waals surface area contributed by atoms with E-state index < -0.39 is 0 Å². The van der Waals surface area contributed by atoms with E-state index in [2.05, 4.69) is 34.6 Å². The van der Waals surface area contributed by atoms with Crippen LogP contribution in [0.2, 0.25) is 5.02 Å². The molecule has 1 N–H and O–H groups in total. The lowest BCUT2D eigenvalue weighted by molar-refractivity contribution is -0.123. The Morgan fingerprint density at radius 3 is 2.85 bits per heavy atom. The van der Waals surface area contributed by atoms with Crippen LogP contribution in [0.3, 0.4) is 0 Å². The fourth-order valence-corrected chi connectivity index (χ4v) is 3.52. The van der Waals surface area contributed by atoms with Crippen LogP contribution in [-0.2, 0) is 11.3 Å². The molecule has 26 heavy (non-hydrogen) atoms. The maximum absolute atomic E-state index is 12.6. The Kier molecular flexibility index (Phi) is 6.25. The number of hydrogen-bond donors (Lipinski definition) is 1. The molecular formula is C19H26ClN5O. The molecular weight excluding hydrogens is 350 g/mol. The van der Waals surface area contributed by atoms with Gasteiger partial charge in [0.15, 0.2) is 5.82 Å². The Bertz CT molecular complexity index is 743. The summed E-state index contributed by atoms with van der Waals surface area (Å²) in [5, 5.41) is 16.2. The zero-order valence-electron chi connectivity index (χ0n) is 15.4. The quantitative estimate of drug-likeness (QED) is 0.721. The third kappa shape index (κ3) is 4.81. The molecule has 2 unspecified atom stereocenters. The predicted octanol–water partition coefficient (Wildman–Crippen LogP) is 3.89. The number of amides is 1. The molecule has 1 fully saturated rings. The third-order valence-electron chi connectivity index (χ3n) is 4.88. The Morgan fingerprint density at radius 1 is 1.38 bits per heavy atom. The molecule has 140 valence electrons. The number of carbonyl (C=O) groups is 1. The fourth-order valence-electron chi connectivity index (χ4n) is 3.33. The summed E-state index contributed by atoms with van der Waals surface area (Å²) in [5.41, 5.74) is 1.04. The fraction of sp³-hybridized carbons (Fsp3) is 0.579. The van der Waals surface area contributed by atoms with Crippen molar-refractivity contribution in [2.45, 2.75) is 64.5 Å². The summed E-state index contributed by atoms with van der Waals surface area (Å²) in [4.78, 5) is 14.0. The van der Waals surface area contributed by atoms with Crippen LogP contribution in [0.5, 0.6) is 0 Å². The van der Waals surface area contributed by atoms with Gasteiger partial charge in [-0.3, -0.25) is 4.79 Å². The summed E-state index contributed by atoms with van der Waals surface area (Å²) >= 11 is 6.17. The van der Waals surface area contributed by atoms with Crippen LogP contribution in [0.25, 0.3) is 0 Å². The van der Waals surface area contributed by atoms with Gasteiger partial charge in [0.2, 0.25) is 5.91 Å². The molecule has 1 amide bonds. The Balaban J connectivity index is 1.71. The lowest BCUT2D eigenvalue weighted by atomic mass is 9.87. The van der Waals surface area contributed by atoms with Gasteiger partial charge in [-0.25, -0.2) is 0 Å². The van der Waals surface area contributed by atoms with E-state index in [1.54, 1.807) is 0 Å². The molecule has 1 heterocycles. The topological polar surface area (TPSA) is 72.7 Å². The molecule has 0 aliphatic heterocycles. The van der Waals surface area contributed by atoms with Crippen molar-refractivity contribution in [3.05, 3.63) is 40.7 Å². The Hall–Kier alpha value is -1.95. The Labute approximate surface area is 159 Å². The molecule has 1 saturated carbocycles. The van der Waals surface area contributed by atoms with Gasteiger partial charge in [-0.2, -0.15) is 4.80 Å². The molecule has 0 saturated heterocycles. The second-order valence-electron chi connectivity index (χ2n) is 7.01. The zero-order chi connectivity index (χ0) is 18.5. The SMILES string of the molecule is CCCC(CC)C(NC(=O)Cn1nnc(C2CC2)n1)c1cccc(Cl)c1. The number of halogens is 1. The molecule has 1 aliphatic rings. The molecule has 0 spiro atoms. The normalized spacial score (nSPS) is 16.3. The van der Waals surface area contributed by atoms with Crippen LogP contribution < -0.4 is 5.32 Å². The molecule has 6 nitrogen and oxygen atoms in total. The smallest absolute Gasteiger partial charge is 0.244 e. The molecule has 1 aromatic carbocycles. The highest BCUT2D eigenvalue weighted by atomic mass is 35.5. The highest BCUT2D eigenvalue weighted by Crippen LogP contribution is 2.37. The summed E-state index contributed by atoms with van der Waals surface area (Å²) in [6, 6.07) is 7.66. The van der Waals surface area contributed by atoms with Crippen LogP contribution in [0.15, 0.2) is 24.3 Å². The van der Waals surface area contributed by atoms with Crippen molar-refractivity contribution < 1.29 is 4.79 Å². The predicted molar refractivity (Wildman–Crippen MR) is 101 cm³/mol. The highest BCUT2D eigenvalue weighted by Gasteiger charge is 2.29. The second kappa shape index (κ2) is 8.62. The van der Waals surface area contributed by atoms with E-state index in [0.29, 0.717) is 16.9 Å². The zero-order valence-corrected chi connectivity index (χ0v) is 16.1. The number of rotatable bonds is 9. The number of carbonyl (C=O) groups excluding carboxylic acids is 1. The molecule has 2 aromatic rings. The highest BCUT2D eigenvalue weighted by molar-refractivity contribution is 6.30. The van der Waals surface area contributed by atoms with E-state index in [1.807, 2.05) is 24.3 Å². The van der Waals surface area contributed by atoms with E-state index in [0.717, 1.165) is 43.5 Å². The van der Waals surface area contributed by atoms with Crippen LogP contribution >= 0.6 is 11.6 Å². The molecule has 0 radical (unpaired) electrons. The summed E-state index contributed by atoms with van der Waals surface area (Å²) in [7, 11) is 0. The molecule has 2 atom stereocenters. The number of nitrogens with zero attached hydrogens (tertiary/aromatic N) is 4. The lowest BCUT2D eigenvalue weighted by Crippen LogP contribution is -2.36. The minimum atomic E-state index is -0.107. The van der Waals surface area contributed by atoms with Gasteiger partial charge < -0.3 is 5.32 Å². The van der Waals surface area contributed by atoms with Gasteiger partial charge in [-0.15, -0.1) is 10.2 Å². The van der Waals surface area contributed by atoms with Crippen LogP contribution in [0.1, 0.15) is 69.3 Å². The average Bonchev–Trinajstić information content (AvgIpc) is 3.38. The first-order valence-corrected chi connectivity index (χ1v) is 9.81. The van der Waals surface area contributed by atoms with Crippen molar-refractivity contribution in [3.63, 3.8) is 0 Å². The molecule has 1 aliphatic carbocycles. The van der Waals surface area contributed by atoms with E-state index in [4.69, 9.17) is 11.6 Å². The van der Waals surface area contributed by atoms with Crippen LogP contribution in [0, 0.1) is 5.92 Å². The summed E-state index contributed by atoms with van der Waals surface area (Å²) in [6.45, 7) is 4.41. The van der Waals surface area contributed by atoms with Crippen molar-refractivity contribution in [1.29, 1.82) is 0 Å². The van der Waals surface area contributed by atoms with Gasteiger partial charge in [-0.05, 0) is 48.1 Å². The summed E-state index contributed by atoms with van der Waals surface area (Å²) in [6.07, 6.45) is 5.33. The molecule has 1 aromatic heterocycles. The van der Waals surface area contributed by atoms with Gasteiger partial charge in [0.1, 0.15) is 6.54 Å². The third-order valence-corrected chi connectivity index (χ3v) is 5.11. The van der Waals surface area contributed by atoms with Crippen LogP contribution in [-0.4, -0.2) is 26.1 Å². The first-order chi connectivity index (χ1) is 12.6. The van der Waals surface area contributed by atoms with Gasteiger partial charge in [0.25, 0.3) is 0 Å². The number of hydrogen-bond acceptors (Lipinski definition) is 4. The van der Waals surface area contributed by atoms with Gasteiger partial charge >= 0.3 is 0 Å². The van der Waals surface area contributed by atoms with Crippen molar-refractivity contribution in [2.24, 2.45) is 5.92 Å². The van der Waals surface area contributed by atoms with Gasteiger partial charge in [0, 0.05) is 10.9 Å². The number of tetrazole rings is 1. The van der Waals surface area contributed by atoms with E-state index in [9.17, 15) is 4.79 Å². The van der Waals surface area contributed by atoms with Crippen LogP contribution in [0.4, 0.5) is 0 Å². The van der Waals surface area contributed by atoms with Crippen molar-refractivity contribution in [2.75, 3.05) is 0 Å². The van der Waals surface area contributed by atoms with Crippen molar-refractivity contribution in [1.82, 2.24) is 25.5 Å². The standard InChI is InChI=1S/C19H26ClN5O/c1-3-6-13(4-2)18(15-7-5-8-16(20)11-15)21-17(26)12-25-23-19(22-24-25)14-9-10-14/h5,7-8,11,13-14,18H,3-4,6,9-10,12H2,1-2H3,(H,21,26). The largest absolute Gasteiger partial charge is 0.347 e. The maximum Gasteiger partial charge on any atom is 0.244 e. The first-order valence-electron chi connectivity index (χ1n) is 9.43. The monoisotopic (exact) mass is 375 g/mol. The minimum absolute atomic E-state index is 0.0717.